The molecule has 1 saturated heterocycles. The molecule has 1 aliphatic heterocycles. The normalized spacial score (nSPS) is 15.1. The van der Waals surface area contributed by atoms with Crippen LogP contribution in [0, 0.1) is 0 Å². The number of aliphatic imine (C=N–C) groups is 1. The monoisotopic (exact) mass is 483 g/mol. The van der Waals surface area contributed by atoms with Gasteiger partial charge in [0.2, 0.25) is 5.91 Å². The molecule has 8 heteroatoms. The van der Waals surface area contributed by atoms with Crippen LogP contribution in [0.5, 0.6) is 0 Å². The zero-order valence-corrected chi connectivity index (χ0v) is 20.9. The Labute approximate surface area is 212 Å². The Balaban J connectivity index is 1.40. The molecular formula is C28H33N7O. The van der Waals surface area contributed by atoms with Crippen LogP contribution in [0.15, 0.2) is 83.3 Å². The molecule has 3 N–H and O–H groups in total. The van der Waals surface area contributed by atoms with E-state index in [-0.39, 0.29) is 5.91 Å². The fourth-order valence-electron chi connectivity index (χ4n) is 4.07. The number of piperazine rings is 1. The molecule has 186 valence electrons. The van der Waals surface area contributed by atoms with Gasteiger partial charge in [-0.15, -0.1) is 0 Å². The highest BCUT2D eigenvalue weighted by atomic mass is 16.1. The van der Waals surface area contributed by atoms with E-state index in [0.29, 0.717) is 6.54 Å². The summed E-state index contributed by atoms with van der Waals surface area (Å²) in [6.07, 6.45) is 5.36. The molecule has 1 amide bonds. The molecule has 2 aromatic carbocycles. The predicted molar refractivity (Wildman–Crippen MR) is 145 cm³/mol. The molecule has 4 rings (SSSR count). The average molecular weight is 484 g/mol. The third kappa shape index (κ3) is 6.76. The lowest BCUT2D eigenvalue weighted by Crippen LogP contribution is -2.47. The topological polar surface area (TPSA) is 99.7 Å². The first-order valence-corrected chi connectivity index (χ1v) is 12.2. The molecule has 2 heterocycles. The summed E-state index contributed by atoms with van der Waals surface area (Å²) in [5.74, 6) is 0.852. The standard InChI is InChI=1S/C28H33N7O/c1-21(29)25(19-33-26-6-4-3-5-7-26)20-34-14-16-35(17-15-34)28-27(30-12-13-31-28)24-10-8-23(9-11-24)18-32-22(2)36/h3-13,19H,14-18,20,29H2,1-2H3,(H,32,36)/b25-21+,33-19?. The number of nitrogens with two attached hydrogens (primary N) is 1. The summed E-state index contributed by atoms with van der Waals surface area (Å²) in [6, 6.07) is 18.0. The maximum Gasteiger partial charge on any atom is 0.217 e. The Hall–Kier alpha value is -4.04. The number of rotatable bonds is 8. The minimum atomic E-state index is -0.0397. The van der Waals surface area contributed by atoms with Gasteiger partial charge in [-0.25, -0.2) is 4.98 Å². The van der Waals surface area contributed by atoms with Gasteiger partial charge >= 0.3 is 0 Å². The van der Waals surface area contributed by atoms with Gasteiger partial charge in [0.05, 0.1) is 5.69 Å². The maximum atomic E-state index is 11.2. The lowest BCUT2D eigenvalue weighted by atomic mass is 10.1. The van der Waals surface area contributed by atoms with E-state index < -0.39 is 0 Å². The Morgan fingerprint density at radius 2 is 1.69 bits per heavy atom. The van der Waals surface area contributed by atoms with Crippen molar-refractivity contribution in [2.45, 2.75) is 20.4 Å². The van der Waals surface area contributed by atoms with Gasteiger partial charge in [-0.3, -0.25) is 19.7 Å². The maximum absolute atomic E-state index is 11.2. The van der Waals surface area contributed by atoms with Gasteiger partial charge in [-0.2, -0.15) is 0 Å². The van der Waals surface area contributed by atoms with Crippen LogP contribution in [-0.4, -0.2) is 59.7 Å². The number of allylic oxidation sites excluding steroid dienone is 1. The van der Waals surface area contributed by atoms with Crippen molar-refractivity contribution in [3.05, 3.63) is 83.8 Å². The number of benzene rings is 2. The molecule has 0 atom stereocenters. The molecule has 0 spiro atoms. The van der Waals surface area contributed by atoms with E-state index in [1.165, 1.54) is 6.92 Å². The highest BCUT2D eigenvalue weighted by Crippen LogP contribution is 2.27. The molecule has 8 nitrogen and oxygen atoms in total. The summed E-state index contributed by atoms with van der Waals surface area (Å²) in [4.78, 5) is 29.8. The van der Waals surface area contributed by atoms with Crippen molar-refractivity contribution in [1.29, 1.82) is 0 Å². The molecule has 0 unspecified atom stereocenters. The first-order chi connectivity index (χ1) is 17.5. The molecule has 3 aromatic rings. The van der Waals surface area contributed by atoms with Crippen LogP contribution >= 0.6 is 0 Å². The van der Waals surface area contributed by atoms with Crippen molar-refractivity contribution in [1.82, 2.24) is 20.2 Å². The average Bonchev–Trinajstić information content (AvgIpc) is 2.91. The summed E-state index contributed by atoms with van der Waals surface area (Å²) >= 11 is 0. The molecule has 0 saturated carbocycles. The van der Waals surface area contributed by atoms with Gasteiger partial charge in [-0.05, 0) is 24.6 Å². The van der Waals surface area contributed by atoms with Gasteiger partial charge in [0.1, 0.15) is 5.69 Å². The van der Waals surface area contributed by atoms with Crippen LogP contribution < -0.4 is 16.0 Å². The summed E-state index contributed by atoms with van der Waals surface area (Å²) in [5.41, 5.74) is 11.8. The second-order valence-electron chi connectivity index (χ2n) is 8.90. The summed E-state index contributed by atoms with van der Waals surface area (Å²) in [7, 11) is 0. The minimum absolute atomic E-state index is 0.0397. The van der Waals surface area contributed by atoms with Crippen LogP contribution in [0.4, 0.5) is 11.5 Å². The minimum Gasteiger partial charge on any atom is -0.402 e. The largest absolute Gasteiger partial charge is 0.402 e. The molecule has 1 aromatic heterocycles. The van der Waals surface area contributed by atoms with E-state index in [4.69, 9.17) is 5.73 Å². The number of hydrogen-bond acceptors (Lipinski definition) is 7. The van der Waals surface area contributed by atoms with E-state index in [1.54, 1.807) is 12.4 Å². The van der Waals surface area contributed by atoms with Gasteiger partial charge in [0, 0.05) is 81.6 Å². The molecule has 0 aliphatic carbocycles. The first-order valence-electron chi connectivity index (χ1n) is 12.2. The first kappa shape index (κ1) is 25.1. The number of carbonyl (C=O) groups is 1. The number of hydrogen-bond donors (Lipinski definition) is 2. The van der Waals surface area contributed by atoms with E-state index in [1.807, 2.05) is 67.7 Å². The van der Waals surface area contributed by atoms with E-state index in [9.17, 15) is 4.79 Å². The zero-order valence-electron chi connectivity index (χ0n) is 20.9. The number of nitrogens with zero attached hydrogens (tertiary/aromatic N) is 5. The van der Waals surface area contributed by atoms with Crippen LogP contribution in [0.3, 0.4) is 0 Å². The molecule has 0 bridgehead atoms. The fourth-order valence-corrected chi connectivity index (χ4v) is 4.07. The number of amides is 1. The number of para-hydroxylation sites is 1. The second-order valence-corrected chi connectivity index (χ2v) is 8.90. The summed E-state index contributed by atoms with van der Waals surface area (Å²) in [5, 5.41) is 2.83. The number of anilines is 1. The number of aromatic nitrogens is 2. The molecule has 1 aliphatic rings. The molecule has 1 fully saturated rings. The van der Waals surface area contributed by atoms with Gasteiger partial charge in [0.15, 0.2) is 5.82 Å². The fraction of sp³-hybridized carbons (Fsp3) is 0.286. The third-order valence-electron chi connectivity index (χ3n) is 6.15. The van der Waals surface area contributed by atoms with E-state index in [2.05, 4.69) is 30.1 Å². The van der Waals surface area contributed by atoms with Crippen molar-refractivity contribution in [3.63, 3.8) is 0 Å². The van der Waals surface area contributed by atoms with Gasteiger partial charge in [0.25, 0.3) is 0 Å². The Morgan fingerprint density at radius 3 is 2.36 bits per heavy atom. The van der Waals surface area contributed by atoms with Crippen LogP contribution in [-0.2, 0) is 11.3 Å². The number of nitrogens with one attached hydrogen (secondary N) is 1. The van der Waals surface area contributed by atoms with Crippen molar-refractivity contribution >= 4 is 23.6 Å². The summed E-state index contributed by atoms with van der Waals surface area (Å²) in [6.45, 7) is 8.19. The lowest BCUT2D eigenvalue weighted by molar-refractivity contribution is -0.119. The quantitative estimate of drug-likeness (QED) is 0.476. The van der Waals surface area contributed by atoms with E-state index >= 15 is 0 Å². The zero-order chi connectivity index (χ0) is 25.3. The Bertz CT molecular complexity index is 1210. The van der Waals surface area contributed by atoms with Crippen molar-refractivity contribution in [3.8, 4) is 11.3 Å². The Morgan fingerprint density at radius 1 is 1.00 bits per heavy atom. The second kappa shape index (κ2) is 12.1. The molecule has 36 heavy (non-hydrogen) atoms. The third-order valence-corrected chi connectivity index (χ3v) is 6.15. The van der Waals surface area contributed by atoms with Crippen molar-refractivity contribution < 1.29 is 4.79 Å². The van der Waals surface area contributed by atoms with Gasteiger partial charge in [-0.1, -0.05) is 42.5 Å². The lowest BCUT2D eigenvalue weighted by Gasteiger charge is -2.36. The van der Waals surface area contributed by atoms with Crippen molar-refractivity contribution in [2.75, 3.05) is 37.6 Å². The highest BCUT2D eigenvalue weighted by molar-refractivity contribution is 5.82. The smallest absolute Gasteiger partial charge is 0.217 e. The predicted octanol–water partition coefficient (Wildman–Crippen LogP) is 3.54. The summed E-state index contributed by atoms with van der Waals surface area (Å²) < 4.78 is 0. The molecular weight excluding hydrogens is 450 g/mol. The Kier molecular flexibility index (Phi) is 8.41. The van der Waals surface area contributed by atoms with Crippen LogP contribution in [0.2, 0.25) is 0 Å². The SMILES string of the molecule is CC(=O)NCc1ccc(-c2nccnc2N2CCN(C/C(C=Nc3ccccc3)=C(\C)N)CC2)cc1. The van der Waals surface area contributed by atoms with Crippen molar-refractivity contribution in [2.24, 2.45) is 10.7 Å². The highest BCUT2D eigenvalue weighted by Gasteiger charge is 2.22. The van der Waals surface area contributed by atoms with E-state index in [0.717, 1.165) is 72.3 Å². The van der Waals surface area contributed by atoms with Crippen LogP contribution in [0.1, 0.15) is 19.4 Å². The molecule has 0 radical (unpaired) electrons. The number of carbonyl (C=O) groups excluding carboxylic acids is 1. The van der Waals surface area contributed by atoms with Gasteiger partial charge < -0.3 is 16.0 Å². The van der Waals surface area contributed by atoms with Crippen LogP contribution in [0.25, 0.3) is 11.3 Å².